The van der Waals surface area contributed by atoms with E-state index in [-0.39, 0.29) is 0 Å². The van der Waals surface area contributed by atoms with Gasteiger partial charge in [-0.25, -0.2) is 4.98 Å². The van der Waals surface area contributed by atoms with Gasteiger partial charge in [0.05, 0.1) is 25.6 Å². The van der Waals surface area contributed by atoms with Gasteiger partial charge < -0.3 is 14.8 Å². The molecule has 0 atom stereocenters. The number of allylic oxidation sites excluding steroid dienone is 1. The van der Waals surface area contributed by atoms with Gasteiger partial charge in [0.1, 0.15) is 16.6 Å². The molecule has 0 saturated heterocycles. The number of halogens is 1. The molecular weight excluding hydrogens is 473 g/mol. The number of nitriles is 1. The lowest BCUT2D eigenvalue weighted by atomic mass is 10.1. The molecule has 1 N–H and O–H groups in total. The van der Waals surface area contributed by atoms with Crippen molar-refractivity contribution in [2.24, 2.45) is 0 Å². The quantitative estimate of drug-likeness (QED) is 0.371. The number of aromatic nitrogens is 1. The highest BCUT2D eigenvalue weighted by Crippen LogP contribution is 2.33. The second-order valence-electron chi connectivity index (χ2n) is 5.40. The fraction of sp³-hybridized carbons (Fsp3) is 0.100. The highest BCUT2D eigenvalue weighted by atomic mass is 127. The molecule has 0 spiro atoms. The van der Waals surface area contributed by atoms with Crippen molar-refractivity contribution in [3.8, 4) is 28.8 Å². The summed E-state index contributed by atoms with van der Waals surface area (Å²) < 4.78 is 11.7. The fourth-order valence-corrected chi connectivity index (χ4v) is 3.73. The summed E-state index contributed by atoms with van der Waals surface area (Å²) in [5.74, 6) is 1.30. The van der Waals surface area contributed by atoms with Crippen LogP contribution >= 0.6 is 33.9 Å². The van der Waals surface area contributed by atoms with Crippen LogP contribution in [0.3, 0.4) is 0 Å². The lowest BCUT2D eigenvalue weighted by Gasteiger charge is -2.08. The van der Waals surface area contributed by atoms with Crippen LogP contribution in [0.15, 0.2) is 54.0 Å². The molecule has 7 heteroatoms. The molecule has 5 nitrogen and oxygen atoms in total. The van der Waals surface area contributed by atoms with Crippen LogP contribution in [-0.4, -0.2) is 19.2 Å². The number of hydrogen-bond acceptors (Lipinski definition) is 6. The monoisotopic (exact) mass is 489 g/mol. The molecule has 0 radical (unpaired) electrons. The Morgan fingerprint density at radius 1 is 1.19 bits per heavy atom. The molecule has 27 heavy (non-hydrogen) atoms. The van der Waals surface area contributed by atoms with Gasteiger partial charge in [0, 0.05) is 20.7 Å². The van der Waals surface area contributed by atoms with E-state index >= 15 is 0 Å². The SMILES string of the molecule is COc1ccc(-c2csc(C(C#N)=CNc3ccccc3I)n2)cc1OC. The fourth-order valence-electron chi connectivity index (χ4n) is 2.40. The number of thiazole rings is 1. The van der Waals surface area contributed by atoms with Crippen molar-refractivity contribution in [3.05, 3.63) is 62.6 Å². The molecule has 2 aromatic carbocycles. The number of nitrogens with zero attached hydrogens (tertiary/aromatic N) is 2. The first-order valence-corrected chi connectivity index (χ1v) is 9.91. The maximum Gasteiger partial charge on any atom is 0.161 e. The van der Waals surface area contributed by atoms with Crippen molar-refractivity contribution in [2.45, 2.75) is 0 Å². The van der Waals surface area contributed by atoms with E-state index in [4.69, 9.17) is 9.47 Å². The van der Waals surface area contributed by atoms with Crippen molar-refractivity contribution >= 4 is 45.2 Å². The van der Waals surface area contributed by atoms with Gasteiger partial charge in [-0.1, -0.05) is 12.1 Å². The Morgan fingerprint density at radius 3 is 2.67 bits per heavy atom. The van der Waals surface area contributed by atoms with Gasteiger partial charge in [-0.05, 0) is 52.9 Å². The summed E-state index contributed by atoms with van der Waals surface area (Å²) in [6.07, 6.45) is 1.69. The third-order valence-corrected chi connectivity index (χ3v) is 5.60. The second-order valence-corrected chi connectivity index (χ2v) is 7.42. The Morgan fingerprint density at radius 2 is 1.96 bits per heavy atom. The van der Waals surface area contributed by atoms with Gasteiger partial charge >= 0.3 is 0 Å². The van der Waals surface area contributed by atoms with Gasteiger partial charge in [0.2, 0.25) is 0 Å². The first-order chi connectivity index (χ1) is 13.2. The average molecular weight is 489 g/mol. The van der Waals surface area contributed by atoms with Crippen LogP contribution in [0.25, 0.3) is 16.8 Å². The summed E-state index contributed by atoms with van der Waals surface area (Å²) in [5.41, 5.74) is 3.11. The standard InChI is InChI=1S/C20H16IN3O2S/c1-25-18-8-7-13(9-19(18)26-2)17-12-27-20(24-17)14(10-22)11-23-16-6-4-3-5-15(16)21/h3-9,11-12,23H,1-2H3. The molecule has 0 aliphatic heterocycles. The molecule has 0 unspecified atom stereocenters. The minimum Gasteiger partial charge on any atom is -0.493 e. The summed E-state index contributed by atoms with van der Waals surface area (Å²) in [6, 6.07) is 15.7. The van der Waals surface area contributed by atoms with Crippen LogP contribution in [0, 0.1) is 14.9 Å². The minimum absolute atomic E-state index is 0.478. The molecule has 3 aromatic rings. The van der Waals surface area contributed by atoms with Crippen molar-refractivity contribution in [1.82, 2.24) is 4.98 Å². The molecule has 3 rings (SSSR count). The molecule has 0 bridgehead atoms. The number of benzene rings is 2. The summed E-state index contributed by atoms with van der Waals surface area (Å²) >= 11 is 3.67. The Hall–Kier alpha value is -2.57. The molecule has 0 aliphatic carbocycles. The zero-order valence-corrected chi connectivity index (χ0v) is 17.7. The van der Waals surface area contributed by atoms with Crippen molar-refractivity contribution in [1.29, 1.82) is 5.26 Å². The second kappa shape index (κ2) is 8.88. The maximum atomic E-state index is 9.53. The molecule has 0 amide bonds. The molecule has 0 aliphatic rings. The van der Waals surface area contributed by atoms with Crippen LogP contribution in [0.5, 0.6) is 11.5 Å². The summed E-state index contributed by atoms with van der Waals surface area (Å²) in [4.78, 5) is 4.61. The lowest BCUT2D eigenvalue weighted by molar-refractivity contribution is 0.355. The van der Waals surface area contributed by atoms with E-state index in [1.807, 2.05) is 47.8 Å². The number of methoxy groups -OCH3 is 2. The van der Waals surface area contributed by atoms with Crippen molar-refractivity contribution in [3.63, 3.8) is 0 Å². The van der Waals surface area contributed by atoms with Crippen LogP contribution < -0.4 is 14.8 Å². The maximum absolute atomic E-state index is 9.53. The number of nitrogens with one attached hydrogen (secondary N) is 1. The van der Waals surface area contributed by atoms with E-state index in [9.17, 15) is 5.26 Å². The van der Waals surface area contributed by atoms with E-state index in [0.717, 1.165) is 20.5 Å². The molecular formula is C20H16IN3O2S. The van der Waals surface area contributed by atoms with E-state index in [1.54, 1.807) is 20.4 Å². The normalized spacial score (nSPS) is 11.0. The zero-order chi connectivity index (χ0) is 19.2. The third-order valence-electron chi connectivity index (χ3n) is 3.78. The smallest absolute Gasteiger partial charge is 0.161 e. The van der Waals surface area contributed by atoms with Crippen LogP contribution in [0.1, 0.15) is 5.01 Å². The van der Waals surface area contributed by atoms with Crippen LogP contribution in [0.2, 0.25) is 0 Å². The highest BCUT2D eigenvalue weighted by molar-refractivity contribution is 14.1. The topological polar surface area (TPSA) is 67.2 Å². The Kier molecular flexibility index (Phi) is 6.32. The van der Waals surface area contributed by atoms with Crippen molar-refractivity contribution in [2.75, 3.05) is 19.5 Å². The Labute approximate surface area is 175 Å². The Balaban J connectivity index is 1.86. The third kappa shape index (κ3) is 4.40. The number of hydrogen-bond donors (Lipinski definition) is 1. The minimum atomic E-state index is 0.478. The van der Waals surface area contributed by atoms with E-state index < -0.39 is 0 Å². The van der Waals surface area contributed by atoms with E-state index in [2.05, 4.69) is 39.0 Å². The highest BCUT2D eigenvalue weighted by Gasteiger charge is 2.12. The predicted molar refractivity (Wildman–Crippen MR) is 117 cm³/mol. The van der Waals surface area contributed by atoms with E-state index in [0.29, 0.717) is 22.1 Å². The van der Waals surface area contributed by atoms with E-state index in [1.165, 1.54) is 11.3 Å². The molecule has 1 aromatic heterocycles. The van der Waals surface area contributed by atoms with Gasteiger partial charge in [0.25, 0.3) is 0 Å². The lowest BCUT2D eigenvalue weighted by Crippen LogP contribution is -1.93. The first-order valence-electron chi connectivity index (χ1n) is 7.96. The number of para-hydroxylation sites is 1. The van der Waals surface area contributed by atoms with Gasteiger partial charge in [0.15, 0.2) is 11.5 Å². The molecule has 136 valence electrons. The molecule has 0 fully saturated rings. The number of rotatable bonds is 6. The zero-order valence-electron chi connectivity index (χ0n) is 14.7. The molecule has 0 saturated carbocycles. The number of ether oxygens (including phenoxy) is 2. The summed E-state index contributed by atoms with van der Waals surface area (Å²) in [5, 5.41) is 15.3. The average Bonchev–Trinajstić information content (AvgIpc) is 3.19. The van der Waals surface area contributed by atoms with Gasteiger partial charge in [-0.3, -0.25) is 0 Å². The van der Waals surface area contributed by atoms with Gasteiger partial charge in [-0.15, -0.1) is 11.3 Å². The van der Waals surface area contributed by atoms with Crippen LogP contribution in [0.4, 0.5) is 5.69 Å². The molecule has 1 heterocycles. The Bertz CT molecular complexity index is 1020. The summed E-state index contributed by atoms with van der Waals surface area (Å²) in [7, 11) is 3.20. The predicted octanol–water partition coefficient (Wildman–Crippen LogP) is 5.41. The summed E-state index contributed by atoms with van der Waals surface area (Å²) in [6.45, 7) is 0. The number of anilines is 1. The van der Waals surface area contributed by atoms with Gasteiger partial charge in [-0.2, -0.15) is 5.26 Å². The van der Waals surface area contributed by atoms with Crippen molar-refractivity contribution < 1.29 is 9.47 Å². The largest absolute Gasteiger partial charge is 0.493 e. The van der Waals surface area contributed by atoms with Crippen LogP contribution in [-0.2, 0) is 0 Å². The first kappa shape index (κ1) is 19.2.